The van der Waals surface area contributed by atoms with E-state index in [1.54, 1.807) is 11.8 Å². The van der Waals surface area contributed by atoms with E-state index in [1.165, 1.54) is 4.90 Å². The van der Waals surface area contributed by atoms with Gasteiger partial charge in [-0.05, 0) is 37.8 Å². The number of pyridine rings is 2. The van der Waals surface area contributed by atoms with Crippen LogP contribution in [0.4, 0.5) is 0 Å². The summed E-state index contributed by atoms with van der Waals surface area (Å²) >= 11 is 1.80. The number of aromatic nitrogens is 4. The molecule has 0 aliphatic rings. The van der Waals surface area contributed by atoms with E-state index in [0.717, 1.165) is 39.7 Å². The van der Waals surface area contributed by atoms with Gasteiger partial charge in [0, 0.05) is 23.3 Å². The zero-order chi connectivity index (χ0) is 15.0. The molecule has 3 rings (SSSR count). The maximum absolute atomic E-state index is 4.77. The van der Waals surface area contributed by atoms with Crippen LogP contribution in [-0.4, -0.2) is 25.3 Å². The second kappa shape index (κ2) is 5.48. The lowest BCUT2D eigenvalue weighted by Crippen LogP contribution is -1.98. The maximum atomic E-state index is 4.77. The van der Waals surface area contributed by atoms with Crippen molar-refractivity contribution in [2.75, 3.05) is 5.75 Å². The highest BCUT2D eigenvalue weighted by Gasteiger charge is 2.15. The zero-order valence-electron chi connectivity index (χ0n) is 12.7. The molecule has 3 heterocycles. The van der Waals surface area contributed by atoms with E-state index in [2.05, 4.69) is 28.6 Å². The number of imidazole rings is 1. The van der Waals surface area contributed by atoms with E-state index >= 15 is 0 Å². The van der Waals surface area contributed by atoms with E-state index in [9.17, 15) is 0 Å². The number of aryl methyl sites for hydroxylation is 3. The average molecular weight is 298 g/mol. The van der Waals surface area contributed by atoms with Gasteiger partial charge in [0.1, 0.15) is 5.69 Å². The molecule has 0 spiro atoms. The van der Waals surface area contributed by atoms with Crippen LogP contribution in [0.1, 0.15) is 18.3 Å². The van der Waals surface area contributed by atoms with Crippen molar-refractivity contribution in [1.29, 1.82) is 0 Å². The molecule has 108 valence electrons. The molecular weight excluding hydrogens is 280 g/mol. The van der Waals surface area contributed by atoms with Gasteiger partial charge in [-0.15, -0.1) is 11.8 Å². The molecule has 21 heavy (non-hydrogen) atoms. The minimum absolute atomic E-state index is 0.900. The van der Waals surface area contributed by atoms with Gasteiger partial charge >= 0.3 is 0 Å². The second-order valence-electron chi connectivity index (χ2n) is 5.04. The molecule has 0 bridgehead atoms. The Bertz CT molecular complexity index is 807. The van der Waals surface area contributed by atoms with Crippen molar-refractivity contribution < 1.29 is 0 Å². The normalized spacial score (nSPS) is 11.2. The molecule has 0 fully saturated rings. The minimum atomic E-state index is 0.900. The van der Waals surface area contributed by atoms with E-state index in [1.807, 2.05) is 33.2 Å². The lowest BCUT2D eigenvalue weighted by Gasteiger charge is -2.08. The highest BCUT2D eigenvalue weighted by molar-refractivity contribution is 7.99. The smallest absolute Gasteiger partial charge is 0.160 e. The van der Waals surface area contributed by atoms with Crippen LogP contribution in [-0.2, 0) is 7.05 Å². The first-order valence-corrected chi connectivity index (χ1v) is 7.98. The van der Waals surface area contributed by atoms with Gasteiger partial charge in [0.15, 0.2) is 5.82 Å². The molecule has 0 saturated heterocycles. The number of hydrogen-bond donors (Lipinski definition) is 0. The average Bonchev–Trinajstić information content (AvgIpc) is 2.77. The number of thioether (sulfide) groups is 1. The van der Waals surface area contributed by atoms with Crippen LogP contribution in [0.2, 0.25) is 0 Å². The molecule has 4 nitrogen and oxygen atoms in total. The van der Waals surface area contributed by atoms with Gasteiger partial charge in [0.05, 0.1) is 17.2 Å². The van der Waals surface area contributed by atoms with Gasteiger partial charge < -0.3 is 4.57 Å². The van der Waals surface area contributed by atoms with E-state index < -0.39 is 0 Å². The molecular formula is C16H18N4S. The topological polar surface area (TPSA) is 43.6 Å². The molecule has 3 aromatic heterocycles. The summed E-state index contributed by atoms with van der Waals surface area (Å²) in [6, 6.07) is 6.20. The lowest BCUT2D eigenvalue weighted by molar-refractivity contribution is 0.936. The molecule has 0 aliphatic carbocycles. The van der Waals surface area contributed by atoms with Crippen LogP contribution in [0.15, 0.2) is 29.3 Å². The molecule has 0 atom stereocenters. The van der Waals surface area contributed by atoms with Crippen molar-refractivity contribution in [3.05, 3.63) is 35.8 Å². The van der Waals surface area contributed by atoms with Crippen LogP contribution < -0.4 is 0 Å². The Morgan fingerprint density at radius 2 is 1.95 bits per heavy atom. The van der Waals surface area contributed by atoms with Gasteiger partial charge in [-0.3, -0.25) is 4.98 Å². The molecule has 0 N–H and O–H groups in total. The molecule has 0 radical (unpaired) electrons. The number of fused-ring (bicyclic) bond motifs is 1. The fourth-order valence-corrected chi connectivity index (χ4v) is 3.13. The Morgan fingerprint density at radius 3 is 2.71 bits per heavy atom. The SMILES string of the molecule is CCSc1ccc(C)nc1-c1nc2cc(C)ncc2n1C. The molecule has 3 aromatic rings. The Morgan fingerprint density at radius 1 is 1.14 bits per heavy atom. The molecule has 0 amide bonds. The molecule has 0 saturated carbocycles. The minimum Gasteiger partial charge on any atom is -0.325 e. The van der Waals surface area contributed by atoms with Crippen molar-refractivity contribution in [3.63, 3.8) is 0 Å². The summed E-state index contributed by atoms with van der Waals surface area (Å²) in [4.78, 5) is 15.0. The third kappa shape index (κ3) is 2.53. The predicted molar refractivity (Wildman–Crippen MR) is 87.6 cm³/mol. The predicted octanol–water partition coefficient (Wildman–Crippen LogP) is 3.76. The van der Waals surface area contributed by atoms with Crippen LogP contribution in [0, 0.1) is 13.8 Å². The van der Waals surface area contributed by atoms with Gasteiger partial charge in [-0.25, -0.2) is 9.97 Å². The summed E-state index contributed by atoms with van der Waals surface area (Å²) in [6.45, 7) is 6.14. The zero-order valence-corrected chi connectivity index (χ0v) is 13.5. The number of rotatable bonds is 3. The van der Waals surface area contributed by atoms with E-state index in [0.29, 0.717) is 0 Å². The summed E-state index contributed by atoms with van der Waals surface area (Å²) in [5.41, 5.74) is 4.94. The first-order chi connectivity index (χ1) is 10.1. The Hall–Kier alpha value is -1.88. The molecule has 5 heteroatoms. The molecule has 0 aliphatic heterocycles. The van der Waals surface area contributed by atoms with Crippen molar-refractivity contribution in [2.45, 2.75) is 25.7 Å². The number of nitrogens with zero attached hydrogens (tertiary/aromatic N) is 4. The Balaban J connectivity index is 2.24. The van der Waals surface area contributed by atoms with Crippen molar-refractivity contribution in [3.8, 4) is 11.5 Å². The lowest BCUT2D eigenvalue weighted by atomic mass is 10.3. The maximum Gasteiger partial charge on any atom is 0.160 e. The van der Waals surface area contributed by atoms with Crippen LogP contribution in [0.5, 0.6) is 0 Å². The second-order valence-corrected chi connectivity index (χ2v) is 6.35. The third-order valence-corrected chi connectivity index (χ3v) is 4.34. The van der Waals surface area contributed by atoms with E-state index in [-0.39, 0.29) is 0 Å². The Kier molecular flexibility index (Phi) is 3.68. The molecule has 0 unspecified atom stereocenters. The molecule has 0 aromatic carbocycles. The number of hydrogen-bond acceptors (Lipinski definition) is 4. The highest BCUT2D eigenvalue weighted by Crippen LogP contribution is 2.31. The standard InChI is InChI=1S/C16H18N4S/c1-5-21-14-7-6-10(2)18-15(14)16-19-12-8-11(3)17-9-13(12)20(16)4/h6-9H,5H2,1-4H3. The first kappa shape index (κ1) is 14.1. The van der Waals surface area contributed by atoms with Gasteiger partial charge in [0.25, 0.3) is 0 Å². The Labute approximate surface area is 128 Å². The fraction of sp³-hybridized carbons (Fsp3) is 0.312. The van der Waals surface area contributed by atoms with Crippen molar-refractivity contribution in [2.24, 2.45) is 7.05 Å². The van der Waals surface area contributed by atoms with Gasteiger partial charge in [-0.1, -0.05) is 6.92 Å². The van der Waals surface area contributed by atoms with Crippen molar-refractivity contribution in [1.82, 2.24) is 19.5 Å². The van der Waals surface area contributed by atoms with E-state index in [4.69, 9.17) is 9.97 Å². The third-order valence-electron chi connectivity index (χ3n) is 3.41. The van der Waals surface area contributed by atoms with Gasteiger partial charge in [-0.2, -0.15) is 0 Å². The highest BCUT2D eigenvalue weighted by atomic mass is 32.2. The first-order valence-electron chi connectivity index (χ1n) is 7.00. The summed E-state index contributed by atoms with van der Waals surface area (Å²) in [5, 5.41) is 0. The largest absolute Gasteiger partial charge is 0.325 e. The monoisotopic (exact) mass is 298 g/mol. The van der Waals surface area contributed by atoms with Gasteiger partial charge in [0.2, 0.25) is 0 Å². The van der Waals surface area contributed by atoms with Crippen LogP contribution in [0.3, 0.4) is 0 Å². The van der Waals surface area contributed by atoms with Crippen molar-refractivity contribution >= 4 is 22.8 Å². The van der Waals surface area contributed by atoms with Crippen LogP contribution in [0.25, 0.3) is 22.6 Å². The summed E-state index contributed by atoms with van der Waals surface area (Å²) in [7, 11) is 2.02. The summed E-state index contributed by atoms with van der Waals surface area (Å²) < 4.78 is 2.07. The quantitative estimate of drug-likeness (QED) is 0.691. The van der Waals surface area contributed by atoms with Crippen LogP contribution >= 0.6 is 11.8 Å². The summed E-state index contributed by atoms with van der Waals surface area (Å²) in [5.74, 6) is 1.92. The fourth-order valence-electron chi connectivity index (χ4n) is 2.38. The summed E-state index contributed by atoms with van der Waals surface area (Å²) in [6.07, 6.45) is 1.88.